The summed E-state index contributed by atoms with van der Waals surface area (Å²) in [4.78, 5) is 0. The molecular formula is C20H20N2O. The third kappa shape index (κ3) is 2.66. The molecule has 0 aliphatic rings. The van der Waals surface area contributed by atoms with Crippen LogP contribution in [0.1, 0.15) is 23.0 Å². The number of phenolic OH excluding ortho intramolecular Hbond substituents is 1. The molecule has 0 radical (unpaired) electrons. The van der Waals surface area contributed by atoms with Crippen LogP contribution in [0.25, 0.3) is 11.1 Å². The monoisotopic (exact) mass is 304 g/mol. The molecule has 3 nitrogen and oxygen atoms in total. The van der Waals surface area contributed by atoms with Crippen molar-refractivity contribution in [3.63, 3.8) is 0 Å². The number of aromatic hydroxyl groups is 1. The first-order valence-electron chi connectivity index (χ1n) is 7.65. The van der Waals surface area contributed by atoms with Crippen molar-refractivity contribution in [3.05, 3.63) is 84.2 Å². The molecule has 0 saturated heterocycles. The van der Waals surface area contributed by atoms with Crippen LogP contribution in [-0.4, -0.2) is 14.9 Å². The number of aryl methyl sites for hydroxylation is 1. The Morgan fingerprint density at radius 3 is 2.35 bits per heavy atom. The molecule has 0 aliphatic carbocycles. The molecule has 23 heavy (non-hydrogen) atoms. The van der Waals surface area contributed by atoms with Gasteiger partial charge in [0.05, 0.1) is 11.7 Å². The number of benzene rings is 2. The molecule has 0 amide bonds. The standard InChI is InChI=1S/C20H20N2O/c1-4-18(16-10-6-5-7-11-16)22-15(3)20(14(2)21-22)17-12-8-9-13-19(17)23/h4-13,18,23H,1H2,2-3H3/t18-/m1/s1. The summed E-state index contributed by atoms with van der Waals surface area (Å²) >= 11 is 0. The maximum absolute atomic E-state index is 10.2. The van der Waals surface area contributed by atoms with Gasteiger partial charge in [-0.1, -0.05) is 54.6 Å². The van der Waals surface area contributed by atoms with Crippen molar-refractivity contribution < 1.29 is 5.11 Å². The molecule has 2 aromatic carbocycles. The second-order valence-corrected chi connectivity index (χ2v) is 5.60. The van der Waals surface area contributed by atoms with E-state index in [-0.39, 0.29) is 11.8 Å². The average molecular weight is 304 g/mol. The molecule has 1 atom stereocenters. The highest BCUT2D eigenvalue weighted by Crippen LogP contribution is 2.35. The Labute approximate surface area is 136 Å². The van der Waals surface area contributed by atoms with Crippen LogP contribution < -0.4 is 0 Å². The summed E-state index contributed by atoms with van der Waals surface area (Å²) in [6, 6.07) is 17.5. The molecule has 0 saturated carbocycles. The summed E-state index contributed by atoms with van der Waals surface area (Å²) in [5, 5.41) is 14.9. The first kappa shape index (κ1) is 15.1. The molecule has 1 heterocycles. The molecule has 3 aromatic rings. The number of nitrogens with zero attached hydrogens (tertiary/aromatic N) is 2. The summed E-state index contributed by atoms with van der Waals surface area (Å²) in [5.74, 6) is 0.271. The van der Waals surface area contributed by atoms with Gasteiger partial charge in [0, 0.05) is 16.8 Å². The second kappa shape index (κ2) is 6.13. The number of phenols is 1. The Balaban J connectivity index is 2.15. The summed E-state index contributed by atoms with van der Waals surface area (Å²) in [7, 11) is 0. The van der Waals surface area contributed by atoms with Gasteiger partial charge < -0.3 is 5.11 Å². The van der Waals surface area contributed by atoms with Crippen molar-refractivity contribution in [2.24, 2.45) is 0 Å². The largest absolute Gasteiger partial charge is 0.507 e. The molecule has 3 heteroatoms. The van der Waals surface area contributed by atoms with Gasteiger partial charge in [-0.15, -0.1) is 6.58 Å². The van der Waals surface area contributed by atoms with Crippen LogP contribution >= 0.6 is 0 Å². The van der Waals surface area contributed by atoms with Crippen molar-refractivity contribution in [3.8, 4) is 16.9 Å². The predicted molar refractivity (Wildman–Crippen MR) is 93.6 cm³/mol. The number of aromatic nitrogens is 2. The Kier molecular flexibility index (Phi) is 4.02. The van der Waals surface area contributed by atoms with Gasteiger partial charge in [-0.05, 0) is 25.5 Å². The van der Waals surface area contributed by atoms with E-state index in [2.05, 4.69) is 18.7 Å². The zero-order valence-corrected chi connectivity index (χ0v) is 13.4. The fraction of sp³-hybridized carbons (Fsp3) is 0.150. The molecule has 116 valence electrons. The van der Waals surface area contributed by atoms with Crippen LogP contribution in [0, 0.1) is 13.8 Å². The van der Waals surface area contributed by atoms with Crippen LogP contribution in [0.4, 0.5) is 0 Å². The van der Waals surface area contributed by atoms with E-state index in [0.717, 1.165) is 28.1 Å². The van der Waals surface area contributed by atoms with Gasteiger partial charge in [0.1, 0.15) is 5.75 Å². The van der Waals surface area contributed by atoms with Crippen LogP contribution in [-0.2, 0) is 0 Å². The summed E-state index contributed by atoms with van der Waals surface area (Å²) in [6.45, 7) is 7.97. The number of hydrogen-bond acceptors (Lipinski definition) is 2. The SMILES string of the molecule is C=C[C@H](c1ccccc1)n1nc(C)c(-c2ccccc2O)c1C. The van der Waals surface area contributed by atoms with Crippen molar-refractivity contribution in [2.45, 2.75) is 19.9 Å². The predicted octanol–water partition coefficient (Wildman–Crippen LogP) is 4.65. The van der Waals surface area contributed by atoms with E-state index in [4.69, 9.17) is 5.10 Å². The Bertz CT molecular complexity index is 834. The van der Waals surface area contributed by atoms with Gasteiger partial charge >= 0.3 is 0 Å². The molecule has 0 bridgehead atoms. The molecule has 0 fully saturated rings. The quantitative estimate of drug-likeness (QED) is 0.713. The fourth-order valence-corrected chi connectivity index (χ4v) is 3.04. The maximum atomic E-state index is 10.2. The van der Waals surface area contributed by atoms with Gasteiger partial charge in [0.25, 0.3) is 0 Å². The minimum absolute atomic E-state index is 0.0329. The topological polar surface area (TPSA) is 38.0 Å². The molecular weight excluding hydrogens is 284 g/mol. The number of para-hydroxylation sites is 1. The first-order chi connectivity index (χ1) is 11.1. The van der Waals surface area contributed by atoms with Gasteiger partial charge in [-0.3, -0.25) is 4.68 Å². The summed E-state index contributed by atoms with van der Waals surface area (Å²) < 4.78 is 1.97. The Morgan fingerprint density at radius 1 is 1.04 bits per heavy atom. The third-order valence-corrected chi connectivity index (χ3v) is 4.13. The van der Waals surface area contributed by atoms with Crippen molar-refractivity contribution >= 4 is 0 Å². The lowest BCUT2D eigenvalue weighted by atomic mass is 10.0. The van der Waals surface area contributed by atoms with Gasteiger partial charge in [0.2, 0.25) is 0 Å². The molecule has 1 N–H and O–H groups in total. The van der Waals surface area contributed by atoms with Crippen LogP contribution in [0.5, 0.6) is 5.75 Å². The van der Waals surface area contributed by atoms with E-state index in [0.29, 0.717) is 0 Å². The highest BCUT2D eigenvalue weighted by Gasteiger charge is 2.20. The first-order valence-corrected chi connectivity index (χ1v) is 7.65. The minimum atomic E-state index is -0.0329. The smallest absolute Gasteiger partial charge is 0.123 e. The van der Waals surface area contributed by atoms with E-state index in [1.54, 1.807) is 6.07 Å². The second-order valence-electron chi connectivity index (χ2n) is 5.60. The molecule has 0 aliphatic heterocycles. The van der Waals surface area contributed by atoms with Gasteiger partial charge in [0.15, 0.2) is 0 Å². The fourth-order valence-electron chi connectivity index (χ4n) is 3.04. The lowest BCUT2D eigenvalue weighted by Crippen LogP contribution is -2.11. The van der Waals surface area contributed by atoms with E-state index < -0.39 is 0 Å². The van der Waals surface area contributed by atoms with E-state index in [1.807, 2.05) is 61.0 Å². The Hall–Kier alpha value is -2.81. The summed E-state index contributed by atoms with van der Waals surface area (Å²) in [6.07, 6.45) is 1.89. The Morgan fingerprint density at radius 2 is 1.70 bits per heavy atom. The lowest BCUT2D eigenvalue weighted by Gasteiger charge is -2.16. The number of hydrogen-bond donors (Lipinski definition) is 1. The van der Waals surface area contributed by atoms with Crippen molar-refractivity contribution in [1.82, 2.24) is 9.78 Å². The maximum Gasteiger partial charge on any atom is 0.123 e. The van der Waals surface area contributed by atoms with Crippen LogP contribution in [0.3, 0.4) is 0 Å². The van der Waals surface area contributed by atoms with Crippen LogP contribution in [0.15, 0.2) is 67.3 Å². The molecule has 1 aromatic heterocycles. The highest BCUT2D eigenvalue weighted by atomic mass is 16.3. The molecule has 0 spiro atoms. The van der Waals surface area contributed by atoms with Crippen molar-refractivity contribution in [2.75, 3.05) is 0 Å². The van der Waals surface area contributed by atoms with Gasteiger partial charge in [-0.2, -0.15) is 5.10 Å². The van der Waals surface area contributed by atoms with E-state index >= 15 is 0 Å². The minimum Gasteiger partial charge on any atom is -0.507 e. The molecule has 0 unspecified atom stereocenters. The zero-order chi connectivity index (χ0) is 16.4. The average Bonchev–Trinajstić information content (AvgIpc) is 2.85. The normalized spacial score (nSPS) is 12.1. The highest BCUT2D eigenvalue weighted by molar-refractivity contribution is 5.74. The third-order valence-electron chi connectivity index (χ3n) is 4.13. The number of rotatable bonds is 4. The number of allylic oxidation sites excluding steroid dienone is 1. The van der Waals surface area contributed by atoms with E-state index in [1.165, 1.54) is 0 Å². The van der Waals surface area contributed by atoms with Gasteiger partial charge in [-0.25, -0.2) is 0 Å². The lowest BCUT2D eigenvalue weighted by molar-refractivity contribution is 0.477. The summed E-state index contributed by atoms with van der Waals surface area (Å²) in [5.41, 5.74) is 4.83. The van der Waals surface area contributed by atoms with Crippen LogP contribution in [0.2, 0.25) is 0 Å². The van der Waals surface area contributed by atoms with E-state index in [9.17, 15) is 5.11 Å². The zero-order valence-electron chi connectivity index (χ0n) is 13.4. The van der Waals surface area contributed by atoms with Crippen molar-refractivity contribution in [1.29, 1.82) is 0 Å². The molecule has 3 rings (SSSR count).